The molecule has 0 aliphatic carbocycles. The van der Waals surface area contributed by atoms with Crippen LogP contribution in [0.4, 0.5) is 11.4 Å². The number of hydrogen-bond acceptors (Lipinski definition) is 3. The number of rotatable bonds is 13. The molecule has 0 saturated carbocycles. The van der Waals surface area contributed by atoms with E-state index in [9.17, 15) is 0 Å². The second-order valence-electron chi connectivity index (χ2n) is 12.9. The third-order valence-electron chi connectivity index (χ3n) is 9.20. The van der Waals surface area contributed by atoms with E-state index in [0.717, 1.165) is 22.9 Å². The van der Waals surface area contributed by atoms with Crippen molar-refractivity contribution in [2.24, 2.45) is 0 Å². The van der Waals surface area contributed by atoms with Crippen molar-refractivity contribution >= 4 is 67.4 Å². The van der Waals surface area contributed by atoms with Gasteiger partial charge in [0.2, 0.25) is 0 Å². The Kier molecular flexibility index (Phi) is 11.7. The maximum absolute atomic E-state index is 6.52. The van der Waals surface area contributed by atoms with Crippen molar-refractivity contribution < 1.29 is 4.74 Å². The van der Waals surface area contributed by atoms with Crippen molar-refractivity contribution in [3.8, 4) is 11.5 Å². The van der Waals surface area contributed by atoms with Gasteiger partial charge in [-0.2, -0.15) is 0 Å². The molecule has 0 atom stereocenters. The molecule has 0 aromatic heterocycles. The summed E-state index contributed by atoms with van der Waals surface area (Å²) < 4.78 is 11.6. The van der Waals surface area contributed by atoms with Crippen LogP contribution in [0.3, 0.4) is 0 Å². The summed E-state index contributed by atoms with van der Waals surface area (Å²) in [6.07, 6.45) is 0. The van der Waals surface area contributed by atoms with Gasteiger partial charge in [-0.25, -0.2) is 0 Å². The average Bonchev–Trinajstić information content (AvgIpc) is 3.26. The van der Waals surface area contributed by atoms with Crippen LogP contribution in [0, 0.1) is 0 Å². The second-order valence-corrected chi connectivity index (χ2v) is 19.5. The minimum atomic E-state index is -0.966. The highest BCUT2D eigenvalue weighted by molar-refractivity contribution is 7.90. The van der Waals surface area contributed by atoms with Crippen molar-refractivity contribution in [3.05, 3.63) is 231 Å². The zero-order valence-electron chi connectivity index (χ0n) is 30.6. The van der Waals surface area contributed by atoms with E-state index >= 15 is 0 Å². The van der Waals surface area contributed by atoms with Gasteiger partial charge in [0.15, 0.2) is 0 Å². The summed E-state index contributed by atoms with van der Waals surface area (Å²) in [6.45, 7) is 0. The number of nitrogens with zero attached hydrogens (tertiary/aromatic N) is 2. The second kappa shape index (κ2) is 17.7. The van der Waals surface area contributed by atoms with Crippen molar-refractivity contribution in [1.29, 1.82) is 0 Å². The summed E-state index contributed by atoms with van der Waals surface area (Å²) in [5.41, 5.74) is 2.29. The quantitative estimate of drug-likeness (QED) is 0.109. The number of anilines is 2. The summed E-state index contributed by atoms with van der Waals surface area (Å²) in [5, 5.41) is 7.83. The fraction of sp³-hybridized carbons (Fsp3) is 0.0204. The first-order valence-corrected chi connectivity index (χ1v) is 22.2. The van der Waals surface area contributed by atoms with E-state index in [4.69, 9.17) is 4.74 Å². The minimum absolute atomic E-state index is 0.744. The van der Waals surface area contributed by atoms with E-state index in [2.05, 4.69) is 247 Å². The Balaban J connectivity index is 1.13. The lowest BCUT2D eigenvalue weighted by molar-refractivity contribution is 0.483. The summed E-state index contributed by atoms with van der Waals surface area (Å²) in [6, 6.07) is 82.6. The average molecular weight is 767 g/mol. The molecule has 0 amide bonds. The summed E-state index contributed by atoms with van der Waals surface area (Å²) >= 11 is 0. The standard InChI is InChI=1S/C49H41N2OP3/c1-50(53(44-20-8-2-9-21-44)45-22-10-3-11-23-45)40-32-36-42(37-33-40)52-43-38-34-41(35-39-43)51(54(46-24-12-4-13-25-46)47-26-14-5-15-27-47)55(48-28-16-6-17-29-48)49-30-18-7-19-31-49/h2-39H,1H3. The zero-order valence-corrected chi connectivity index (χ0v) is 33.3. The lowest BCUT2D eigenvalue weighted by Gasteiger charge is -2.40. The van der Waals surface area contributed by atoms with Crippen LogP contribution in [0.2, 0.25) is 0 Å². The van der Waals surface area contributed by atoms with E-state index in [1.165, 1.54) is 31.8 Å². The summed E-state index contributed by atoms with van der Waals surface area (Å²) in [5.74, 6) is 1.60. The van der Waals surface area contributed by atoms with Crippen molar-refractivity contribution in [2.75, 3.05) is 16.2 Å². The lowest BCUT2D eigenvalue weighted by Crippen LogP contribution is -2.31. The fourth-order valence-corrected chi connectivity index (χ4v) is 14.8. The highest BCUT2D eigenvalue weighted by Crippen LogP contribution is 2.57. The monoisotopic (exact) mass is 766 g/mol. The Morgan fingerprint density at radius 3 is 0.836 bits per heavy atom. The summed E-state index contributed by atoms with van der Waals surface area (Å²) in [4.78, 5) is 0. The van der Waals surface area contributed by atoms with E-state index < -0.39 is 24.2 Å². The van der Waals surface area contributed by atoms with Gasteiger partial charge in [0, 0.05) is 50.2 Å². The van der Waals surface area contributed by atoms with Crippen LogP contribution >= 0.6 is 24.2 Å². The molecule has 6 heteroatoms. The Morgan fingerprint density at radius 2 is 0.545 bits per heavy atom. The van der Waals surface area contributed by atoms with E-state index in [1.54, 1.807) is 0 Å². The predicted octanol–water partition coefficient (Wildman–Crippen LogP) is 10.9. The SMILES string of the molecule is CN(c1ccc(Oc2ccc(N(P(c3ccccc3)c3ccccc3)P(c3ccccc3)c3ccccc3)cc2)cc1)P(c1ccccc1)c1ccccc1. The third-order valence-corrected chi connectivity index (χ3v) is 17.0. The normalized spacial score (nSPS) is 11.1. The van der Waals surface area contributed by atoms with E-state index in [0.29, 0.717) is 0 Å². The van der Waals surface area contributed by atoms with Crippen molar-refractivity contribution in [1.82, 2.24) is 0 Å². The molecule has 0 heterocycles. The molecule has 8 aromatic rings. The molecule has 3 nitrogen and oxygen atoms in total. The van der Waals surface area contributed by atoms with Gasteiger partial charge < -0.3 is 13.8 Å². The highest BCUT2D eigenvalue weighted by Gasteiger charge is 2.32. The number of ether oxygens (including phenoxy) is 1. The molecule has 8 rings (SSSR count). The molecule has 0 bridgehead atoms. The molecule has 268 valence electrons. The molecule has 0 radical (unpaired) electrons. The molecule has 0 aliphatic heterocycles. The molecular formula is C49H41N2OP3. The maximum atomic E-state index is 6.52. The molecule has 55 heavy (non-hydrogen) atoms. The Labute approximate surface area is 328 Å². The van der Waals surface area contributed by atoms with Gasteiger partial charge in [0.1, 0.15) is 11.5 Å². The molecule has 0 aliphatic rings. The predicted molar refractivity (Wildman–Crippen MR) is 241 cm³/mol. The van der Waals surface area contributed by atoms with Crippen LogP contribution in [-0.2, 0) is 0 Å². The van der Waals surface area contributed by atoms with Crippen molar-refractivity contribution in [2.45, 2.75) is 0 Å². The topological polar surface area (TPSA) is 15.7 Å². The number of benzene rings is 8. The van der Waals surface area contributed by atoms with E-state index in [-0.39, 0.29) is 0 Å². The van der Waals surface area contributed by atoms with Gasteiger partial charge in [-0.1, -0.05) is 182 Å². The Hall–Kier alpha value is -5.55. The van der Waals surface area contributed by atoms with Crippen LogP contribution in [0.1, 0.15) is 0 Å². The smallest absolute Gasteiger partial charge is 0.127 e. The third kappa shape index (κ3) is 8.57. The summed E-state index contributed by atoms with van der Waals surface area (Å²) in [7, 11) is -0.490. The largest absolute Gasteiger partial charge is 0.457 e. The minimum Gasteiger partial charge on any atom is -0.457 e. The van der Waals surface area contributed by atoms with Gasteiger partial charge in [-0.3, -0.25) is 0 Å². The maximum Gasteiger partial charge on any atom is 0.127 e. The highest BCUT2D eigenvalue weighted by atomic mass is 31.2. The van der Waals surface area contributed by atoms with Crippen LogP contribution in [-0.4, -0.2) is 7.05 Å². The first kappa shape index (κ1) is 36.4. The van der Waals surface area contributed by atoms with Crippen LogP contribution < -0.4 is 45.7 Å². The van der Waals surface area contributed by atoms with Crippen LogP contribution in [0.15, 0.2) is 231 Å². The molecule has 0 saturated heterocycles. The first-order chi connectivity index (χ1) is 27.2. The molecule has 0 spiro atoms. The van der Waals surface area contributed by atoms with Crippen molar-refractivity contribution in [3.63, 3.8) is 0 Å². The van der Waals surface area contributed by atoms with Crippen LogP contribution in [0.5, 0.6) is 11.5 Å². The first-order valence-electron chi connectivity index (χ1n) is 18.4. The Bertz CT molecular complexity index is 2150. The fourth-order valence-electron chi connectivity index (χ4n) is 6.60. The van der Waals surface area contributed by atoms with Gasteiger partial charge >= 0.3 is 0 Å². The lowest BCUT2D eigenvalue weighted by atomic mass is 10.3. The zero-order chi connectivity index (χ0) is 37.2. The molecular weight excluding hydrogens is 725 g/mol. The van der Waals surface area contributed by atoms with Crippen LogP contribution in [0.25, 0.3) is 0 Å². The van der Waals surface area contributed by atoms with Gasteiger partial charge in [-0.15, -0.1) is 0 Å². The van der Waals surface area contributed by atoms with E-state index in [1.807, 2.05) is 0 Å². The molecule has 0 fully saturated rings. The van der Waals surface area contributed by atoms with Gasteiger partial charge in [0.25, 0.3) is 0 Å². The molecule has 0 unspecified atom stereocenters. The molecule has 0 N–H and O–H groups in total. The number of hydrogen-bond donors (Lipinski definition) is 0. The molecule has 8 aromatic carbocycles. The van der Waals surface area contributed by atoms with Gasteiger partial charge in [0.05, 0.1) is 24.2 Å². The van der Waals surface area contributed by atoms with Gasteiger partial charge in [-0.05, 0) is 48.5 Å². The Morgan fingerprint density at radius 1 is 0.291 bits per heavy atom.